The van der Waals surface area contributed by atoms with Crippen LogP contribution >= 0.6 is 0 Å². The van der Waals surface area contributed by atoms with E-state index >= 15 is 0 Å². The predicted octanol–water partition coefficient (Wildman–Crippen LogP) is 1.18. The fourth-order valence-corrected chi connectivity index (χ4v) is 2.07. The molecule has 1 aliphatic rings. The molecule has 1 heterocycles. The van der Waals surface area contributed by atoms with Crippen molar-refractivity contribution in [3.05, 3.63) is 30.3 Å². The van der Waals surface area contributed by atoms with E-state index in [2.05, 4.69) is 5.32 Å². The Hall–Kier alpha value is -2.24. The molecule has 0 bridgehead atoms. The van der Waals surface area contributed by atoms with Crippen LogP contribution in [0.15, 0.2) is 30.3 Å². The lowest BCUT2D eigenvalue weighted by Crippen LogP contribution is -2.54. The van der Waals surface area contributed by atoms with Gasteiger partial charge in [0.15, 0.2) is 0 Å². The summed E-state index contributed by atoms with van der Waals surface area (Å²) in [5.41, 5.74) is 0. The number of aliphatic carboxylic acids is 1. The normalized spacial score (nSPS) is 14.5. The van der Waals surface area contributed by atoms with Crippen molar-refractivity contribution in [3.8, 4) is 5.75 Å². The molecule has 2 N–H and O–H groups in total. The highest BCUT2D eigenvalue weighted by Crippen LogP contribution is 2.18. The van der Waals surface area contributed by atoms with Gasteiger partial charge in [-0.25, -0.2) is 4.79 Å². The Bertz CT molecular complexity index is 458. The Morgan fingerprint density at radius 2 is 2.00 bits per heavy atom. The van der Waals surface area contributed by atoms with Crippen molar-refractivity contribution in [2.75, 3.05) is 26.2 Å². The van der Waals surface area contributed by atoms with E-state index in [1.165, 1.54) is 0 Å². The molecule has 6 heteroatoms. The summed E-state index contributed by atoms with van der Waals surface area (Å²) in [6.07, 6.45) is 0.126. The maximum atomic E-state index is 11.7. The van der Waals surface area contributed by atoms with Gasteiger partial charge in [0.2, 0.25) is 0 Å². The molecule has 0 aliphatic carbocycles. The third-order valence-corrected chi connectivity index (χ3v) is 3.10. The minimum absolute atomic E-state index is 0.0822. The molecule has 0 saturated carbocycles. The highest BCUT2D eigenvalue weighted by atomic mass is 16.5. The van der Waals surface area contributed by atoms with Gasteiger partial charge in [-0.15, -0.1) is 0 Å². The second-order valence-corrected chi connectivity index (χ2v) is 4.76. The molecule has 108 valence electrons. The van der Waals surface area contributed by atoms with Crippen LogP contribution in [0.4, 0.5) is 4.79 Å². The van der Waals surface area contributed by atoms with Crippen molar-refractivity contribution in [2.24, 2.45) is 5.92 Å². The van der Waals surface area contributed by atoms with Crippen LogP contribution in [-0.4, -0.2) is 48.2 Å². The van der Waals surface area contributed by atoms with Crippen LogP contribution in [0.2, 0.25) is 0 Å². The number of likely N-dealkylation sites (tertiary alicyclic amines) is 1. The number of rotatable bonds is 6. The van der Waals surface area contributed by atoms with Gasteiger partial charge in [-0.2, -0.15) is 0 Å². The number of urea groups is 1. The topological polar surface area (TPSA) is 78.9 Å². The van der Waals surface area contributed by atoms with E-state index in [0.29, 0.717) is 26.2 Å². The van der Waals surface area contributed by atoms with Gasteiger partial charge in [-0.05, 0) is 12.1 Å². The molecule has 1 aliphatic heterocycles. The van der Waals surface area contributed by atoms with Gasteiger partial charge in [0.25, 0.3) is 0 Å². The van der Waals surface area contributed by atoms with Gasteiger partial charge in [0.05, 0.1) is 13.0 Å². The number of carboxylic acids is 1. The smallest absolute Gasteiger partial charge is 0.317 e. The summed E-state index contributed by atoms with van der Waals surface area (Å²) in [4.78, 5) is 23.8. The Kier molecular flexibility index (Phi) is 4.81. The number of carbonyl (C=O) groups is 2. The molecular weight excluding hydrogens is 260 g/mol. The molecule has 2 rings (SSSR count). The number of carboxylic acid groups (broad SMARTS) is 1. The van der Waals surface area contributed by atoms with E-state index in [0.717, 1.165) is 5.75 Å². The summed E-state index contributed by atoms with van der Waals surface area (Å²) >= 11 is 0. The molecule has 1 saturated heterocycles. The number of ether oxygens (including phenoxy) is 1. The van der Waals surface area contributed by atoms with Crippen LogP contribution in [-0.2, 0) is 4.79 Å². The van der Waals surface area contributed by atoms with E-state index in [1.54, 1.807) is 4.90 Å². The molecule has 0 radical (unpaired) electrons. The minimum Gasteiger partial charge on any atom is -0.492 e. The molecule has 1 fully saturated rings. The lowest BCUT2D eigenvalue weighted by Gasteiger charge is -2.38. The van der Waals surface area contributed by atoms with Crippen LogP contribution in [0.25, 0.3) is 0 Å². The average molecular weight is 278 g/mol. The number of nitrogens with one attached hydrogen (secondary N) is 1. The van der Waals surface area contributed by atoms with Crippen molar-refractivity contribution < 1.29 is 19.4 Å². The maximum absolute atomic E-state index is 11.7. The Balaban J connectivity index is 1.56. The van der Waals surface area contributed by atoms with Gasteiger partial charge in [0.1, 0.15) is 12.4 Å². The number of amides is 2. The summed E-state index contributed by atoms with van der Waals surface area (Å²) in [5, 5.41) is 11.4. The van der Waals surface area contributed by atoms with Gasteiger partial charge in [-0.3, -0.25) is 4.79 Å². The third kappa shape index (κ3) is 4.15. The zero-order valence-electron chi connectivity index (χ0n) is 11.1. The van der Waals surface area contributed by atoms with Gasteiger partial charge >= 0.3 is 12.0 Å². The lowest BCUT2D eigenvalue weighted by molar-refractivity contribution is -0.139. The third-order valence-electron chi connectivity index (χ3n) is 3.10. The summed E-state index contributed by atoms with van der Waals surface area (Å²) in [7, 11) is 0. The highest BCUT2D eigenvalue weighted by molar-refractivity contribution is 5.75. The van der Waals surface area contributed by atoms with Crippen LogP contribution in [0.1, 0.15) is 6.42 Å². The van der Waals surface area contributed by atoms with Crippen LogP contribution in [0.5, 0.6) is 5.75 Å². The van der Waals surface area contributed by atoms with Crippen LogP contribution in [0.3, 0.4) is 0 Å². The first-order chi connectivity index (χ1) is 9.65. The van der Waals surface area contributed by atoms with Crippen molar-refractivity contribution in [1.82, 2.24) is 10.2 Å². The fraction of sp³-hybridized carbons (Fsp3) is 0.429. The fourth-order valence-electron chi connectivity index (χ4n) is 2.07. The maximum Gasteiger partial charge on any atom is 0.317 e. The number of para-hydroxylation sites is 1. The van der Waals surface area contributed by atoms with E-state index < -0.39 is 5.97 Å². The van der Waals surface area contributed by atoms with E-state index in [-0.39, 0.29) is 18.4 Å². The first kappa shape index (κ1) is 14.2. The van der Waals surface area contributed by atoms with Crippen molar-refractivity contribution in [2.45, 2.75) is 6.42 Å². The number of hydrogen-bond donors (Lipinski definition) is 2. The minimum atomic E-state index is -0.814. The van der Waals surface area contributed by atoms with Gasteiger partial charge < -0.3 is 20.1 Å². The molecule has 6 nitrogen and oxygen atoms in total. The number of hydrogen-bond acceptors (Lipinski definition) is 3. The predicted molar refractivity (Wildman–Crippen MR) is 72.7 cm³/mol. The van der Waals surface area contributed by atoms with Crippen LogP contribution < -0.4 is 10.1 Å². The Morgan fingerprint density at radius 1 is 1.30 bits per heavy atom. The average Bonchev–Trinajstić information content (AvgIpc) is 2.39. The number of carbonyl (C=O) groups excluding carboxylic acids is 1. The second-order valence-electron chi connectivity index (χ2n) is 4.76. The Labute approximate surface area is 117 Å². The largest absolute Gasteiger partial charge is 0.492 e. The van der Waals surface area contributed by atoms with Gasteiger partial charge in [0, 0.05) is 19.0 Å². The zero-order valence-corrected chi connectivity index (χ0v) is 11.1. The molecule has 20 heavy (non-hydrogen) atoms. The molecule has 1 aromatic carbocycles. The molecule has 0 unspecified atom stereocenters. The summed E-state index contributed by atoms with van der Waals surface area (Å²) < 4.78 is 5.45. The van der Waals surface area contributed by atoms with Crippen molar-refractivity contribution in [1.29, 1.82) is 0 Å². The van der Waals surface area contributed by atoms with E-state index in [9.17, 15) is 9.59 Å². The highest BCUT2D eigenvalue weighted by Gasteiger charge is 2.31. The Morgan fingerprint density at radius 3 is 2.65 bits per heavy atom. The first-order valence-corrected chi connectivity index (χ1v) is 6.57. The molecule has 2 amide bonds. The van der Waals surface area contributed by atoms with Crippen molar-refractivity contribution >= 4 is 12.0 Å². The quantitative estimate of drug-likeness (QED) is 0.766. The molecular formula is C14H18N2O4. The molecule has 0 aromatic heterocycles. The number of benzene rings is 1. The van der Waals surface area contributed by atoms with Crippen molar-refractivity contribution in [3.63, 3.8) is 0 Å². The lowest BCUT2D eigenvalue weighted by atomic mass is 9.97. The van der Waals surface area contributed by atoms with Crippen LogP contribution in [0, 0.1) is 5.92 Å². The summed E-state index contributed by atoms with van der Waals surface area (Å²) in [6.45, 7) is 1.85. The van der Waals surface area contributed by atoms with E-state index in [1.807, 2.05) is 30.3 Å². The standard InChI is InChI=1S/C14H18N2O4/c17-13(18)8-11-9-16(10-11)14(19)15-6-7-20-12-4-2-1-3-5-12/h1-5,11H,6-10H2,(H,15,19)(H,17,18). The second kappa shape index (κ2) is 6.79. The number of nitrogens with zero attached hydrogens (tertiary/aromatic N) is 1. The zero-order chi connectivity index (χ0) is 14.4. The molecule has 0 spiro atoms. The summed E-state index contributed by atoms with van der Waals surface area (Å²) in [5.74, 6) is 0.0392. The SMILES string of the molecule is O=C(O)CC1CN(C(=O)NCCOc2ccccc2)C1. The first-order valence-electron chi connectivity index (χ1n) is 6.57. The molecule has 0 atom stereocenters. The van der Waals surface area contributed by atoms with Gasteiger partial charge in [-0.1, -0.05) is 18.2 Å². The monoisotopic (exact) mass is 278 g/mol. The molecule has 1 aromatic rings. The van der Waals surface area contributed by atoms with E-state index in [4.69, 9.17) is 9.84 Å². The summed E-state index contributed by atoms with van der Waals surface area (Å²) in [6, 6.07) is 9.23.